The minimum atomic E-state index is 0.0385. The molecular weight excluding hydrogens is 929 g/mol. The Hall–Kier alpha value is -6.20. The lowest BCUT2D eigenvalue weighted by Crippen LogP contribution is -2.31. The molecule has 4 heterocycles. The van der Waals surface area contributed by atoms with E-state index in [1.54, 1.807) is 0 Å². The molecule has 4 aromatic rings. The highest BCUT2D eigenvalue weighted by atomic mass is 16.2. The van der Waals surface area contributed by atoms with Gasteiger partial charge in [-0.05, 0) is 75.6 Å². The lowest BCUT2D eigenvalue weighted by Gasteiger charge is -2.16. The van der Waals surface area contributed by atoms with Crippen molar-refractivity contribution < 1.29 is 19.2 Å². The van der Waals surface area contributed by atoms with Crippen molar-refractivity contribution in [2.24, 2.45) is 34.8 Å². The van der Waals surface area contributed by atoms with Crippen molar-refractivity contribution in [1.29, 1.82) is 0 Å². The number of nitrogens with one attached hydrogen (secondary N) is 4. The Kier molecular flexibility index (Phi) is 24.0. The molecule has 74 heavy (non-hydrogen) atoms. The molecule has 4 aliphatic rings. The molecule has 0 radical (unpaired) electrons. The summed E-state index contributed by atoms with van der Waals surface area (Å²) in [5.74, 6) is 1.08. The van der Waals surface area contributed by atoms with Crippen LogP contribution >= 0.6 is 0 Å². The van der Waals surface area contributed by atoms with Crippen LogP contribution in [0.5, 0.6) is 0 Å². The minimum Gasteiger partial charge on any atom is -0.333 e. The first-order chi connectivity index (χ1) is 35.6. The normalized spacial score (nSPS) is 19.1. The summed E-state index contributed by atoms with van der Waals surface area (Å²) < 4.78 is 0. The van der Waals surface area contributed by atoms with E-state index in [0.29, 0.717) is 76.3 Å². The number of nitrogens with two attached hydrogens (primary N) is 4. The summed E-state index contributed by atoms with van der Waals surface area (Å²) in [5.41, 5.74) is 31.4. The molecule has 16 heteroatoms. The molecule has 4 fully saturated rings. The van der Waals surface area contributed by atoms with Crippen molar-refractivity contribution in [3.05, 3.63) is 142 Å². The first kappa shape index (κ1) is 58.7. The molecule has 0 aromatic heterocycles. The summed E-state index contributed by atoms with van der Waals surface area (Å²) in [7, 11) is 0. The van der Waals surface area contributed by atoms with Crippen LogP contribution in [-0.4, -0.2) is 94.1 Å². The Balaban J connectivity index is 0.000000183. The molecule has 0 spiro atoms. The van der Waals surface area contributed by atoms with Gasteiger partial charge in [-0.3, -0.25) is 0 Å². The highest BCUT2D eigenvalue weighted by molar-refractivity contribution is 5.78. The SMILES string of the molecule is CC(C)C[C@H]1CN(Cc2ccc(CN)cc2)C(=O)N1.CC(C)[C@H]1CN(Cc2ccc(CN)cc2)C(=O)N1.CCCC[C@H]1CN(Cc2ccc(CN)cc2)C(=O)N1.CCC[C@H]1CN(Cc2ccc(CN)cc2)C(=O)N1. The summed E-state index contributed by atoms with van der Waals surface area (Å²) in [6.45, 7) is 21.1. The number of hydrogen-bond acceptors (Lipinski definition) is 8. The van der Waals surface area contributed by atoms with E-state index in [1.807, 2.05) is 105 Å². The van der Waals surface area contributed by atoms with E-state index < -0.39 is 0 Å². The molecule has 0 unspecified atom stereocenters. The Morgan fingerprint density at radius 3 is 1.01 bits per heavy atom. The Morgan fingerprint density at radius 2 is 0.716 bits per heavy atom. The molecule has 0 saturated carbocycles. The van der Waals surface area contributed by atoms with Gasteiger partial charge in [0.05, 0.1) is 6.04 Å². The quantitative estimate of drug-likeness (QED) is 0.0433. The second-order valence-electron chi connectivity index (χ2n) is 20.9. The number of amides is 8. The average molecular weight is 1020 g/mol. The van der Waals surface area contributed by atoms with Crippen LogP contribution in [-0.2, 0) is 52.4 Å². The minimum absolute atomic E-state index is 0.0385. The van der Waals surface area contributed by atoms with Gasteiger partial charge in [-0.25, -0.2) is 19.2 Å². The highest BCUT2D eigenvalue weighted by Crippen LogP contribution is 2.19. The van der Waals surface area contributed by atoms with Gasteiger partial charge in [0.15, 0.2) is 0 Å². The molecule has 4 atom stereocenters. The van der Waals surface area contributed by atoms with Crippen LogP contribution in [0.1, 0.15) is 125 Å². The van der Waals surface area contributed by atoms with E-state index in [4.69, 9.17) is 22.9 Å². The molecule has 4 saturated heterocycles. The summed E-state index contributed by atoms with van der Waals surface area (Å²) in [6.07, 6.45) is 6.61. The summed E-state index contributed by atoms with van der Waals surface area (Å²) in [4.78, 5) is 54.9. The summed E-state index contributed by atoms with van der Waals surface area (Å²) >= 11 is 0. The van der Waals surface area contributed by atoms with Crippen LogP contribution in [0.2, 0.25) is 0 Å². The smallest absolute Gasteiger partial charge is 0.318 e. The molecule has 12 N–H and O–H groups in total. The molecule has 8 rings (SSSR count). The van der Waals surface area contributed by atoms with E-state index in [1.165, 1.54) is 12.8 Å². The predicted molar refractivity (Wildman–Crippen MR) is 297 cm³/mol. The van der Waals surface area contributed by atoms with E-state index in [9.17, 15) is 19.2 Å². The average Bonchev–Trinajstić information content (AvgIpc) is 4.15. The second kappa shape index (κ2) is 30.2. The van der Waals surface area contributed by atoms with Gasteiger partial charge in [-0.15, -0.1) is 0 Å². The molecule has 4 aromatic carbocycles. The number of carbonyl (C=O) groups excluding carboxylic acids is 4. The van der Waals surface area contributed by atoms with E-state index in [2.05, 4.69) is 74.9 Å². The van der Waals surface area contributed by atoms with Crippen molar-refractivity contribution >= 4 is 24.1 Å². The fourth-order valence-corrected chi connectivity index (χ4v) is 9.35. The lowest BCUT2D eigenvalue weighted by molar-refractivity contribution is 0.215. The van der Waals surface area contributed by atoms with E-state index >= 15 is 0 Å². The summed E-state index contributed by atoms with van der Waals surface area (Å²) in [6, 6.07) is 33.9. The third kappa shape index (κ3) is 18.9. The molecule has 0 aliphatic carbocycles. The third-order valence-corrected chi connectivity index (χ3v) is 13.8. The first-order valence-electron chi connectivity index (χ1n) is 27.0. The lowest BCUT2D eigenvalue weighted by atomic mass is 10.0. The zero-order valence-electron chi connectivity index (χ0n) is 45.2. The molecule has 8 amide bonds. The van der Waals surface area contributed by atoms with Crippen molar-refractivity contribution in [2.75, 3.05) is 26.2 Å². The van der Waals surface area contributed by atoms with Crippen molar-refractivity contribution in [3.8, 4) is 0 Å². The van der Waals surface area contributed by atoms with Gasteiger partial charge >= 0.3 is 24.1 Å². The maximum atomic E-state index is 11.9. The number of urea groups is 4. The van der Waals surface area contributed by atoms with Crippen LogP contribution in [0.15, 0.2) is 97.1 Å². The number of carbonyl (C=O) groups is 4. The zero-order chi connectivity index (χ0) is 53.6. The van der Waals surface area contributed by atoms with E-state index in [-0.39, 0.29) is 36.2 Å². The van der Waals surface area contributed by atoms with Crippen LogP contribution in [0.4, 0.5) is 19.2 Å². The van der Waals surface area contributed by atoms with Crippen molar-refractivity contribution in [2.45, 2.75) is 157 Å². The van der Waals surface area contributed by atoms with Gasteiger partial charge in [0.25, 0.3) is 0 Å². The fraction of sp³-hybridized carbons (Fsp3) is 0.517. The standard InChI is InChI=1S/2C15H23N3O.2C14H21N3O/c1-11(2)7-14-10-18(15(19)17-14)9-13-5-3-12(8-16)4-6-13;1-2-3-4-14-11-18(15(19)17-14)10-13-7-5-12(9-16)6-8-13;1-10(2)13-9-17(14(18)16-13)8-12-5-3-11(7-15)4-6-12;1-2-3-13-10-17(14(18)16-13)9-12-6-4-11(8-15)5-7-12/h3-6,11,14H,7-10,16H2,1-2H3,(H,17,19);5-8,14H,2-4,9-11,16H2,1H3,(H,17,19);3-6,10,13H,7-9,15H2,1-2H3,(H,16,18);4-7,13H,2-3,8-10,15H2,1H3,(H,16,18)/t2*14-;2*13-/m0010/s1. The Morgan fingerprint density at radius 1 is 0.419 bits per heavy atom. The van der Waals surface area contributed by atoms with Gasteiger partial charge < -0.3 is 63.8 Å². The highest BCUT2D eigenvalue weighted by Gasteiger charge is 2.32. The topological polar surface area (TPSA) is 233 Å². The first-order valence-corrected chi connectivity index (χ1v) is 27.0. The Bertz CT molecular complexity index is 2310. The zero-order valence-corrected chi connectivity index (χ0v) is 45.2. The largest absolute Gasteiger partial charge is 0.333 e. The van der Waals surface area contributed by atoms with Gasteiger partial charge in [0, 0.05) is 96.7 Å². The molecule has 0 bridgehead atoms. The monoisotopic (exact) mass is 1020 g/mol. The van der Waals surface area contributed by atoms with Crippen LogP contribution in [0.3, 0.4) is 0 Å². The summed E-state index contributed by atoms with van der Waals surface area (Å²) in [5, 5.41) is 12.1. The second-order valence-corrected chi connectivity index (χ2v) is 20.9. The molecule has 404 valence electrons. The number of hydrogen-bond donors (Lipinski definition) is 8. The van der Waals surface area contributed by atoms with Gasteiger partial charge in [0.2, 0.25) is 0 Å². The number of benzene rings is 4. The Labute approximate surface area is 441 Å². The maximum Gasteiger partial charge on any atom is 0.318 e. The number of rotatable bonds is 20. The molecular formula is C58H88N12O4. The third-order valence-electron chi connectivity index (χ3n) is 13.8. The fourth-order valence-electron chi connectivity index (χ4n) is 9.35. The predicted octanol–water partition coefficient (Wildman–Crippen LogP) is 7.85. The number of nitrogens with zero attached hydrogens (tertiary/aromatic N) is 4. The molecule has 4 aliphatic heterocycles. The van der Waals surface area contributed by atoms with Crippen molar-refractivity contribution in [1.82, 2.24) is 40.9 Å². The van der Waals surface area contributed by atoms with Crippen LogP contribution < -0.4 is 44.2 Å². The van der Waals surface area contributed by atoms with Crippen molar-refractivity contribution in [3.63, 3.8) is 0 Å². The molecule has 16 nitrogen and oxygen atoms in total. The van der Waals surface area contributed by atoms with Crippen LogP contribution in [0.25, 0.3) is 0 Å². The number of unbranched alkanes of at least 4 members (excludes halogenated alkanes) is 1. The van der Waals surface area contributed by atoms with Crippen LogP contribution in [0, 0.1) is 11.8 Å². The van der Waals surface area contributed by atoms with Gasteiger partial charge in [0.1, 0.15) is 0 Å². The van der Waals surface area contributed by atoms with Gasteiger partial charge in [-0.1, -0.05) is 158 Å². The van der Waals surface area contributed by atoms with E-state index in [0.717, 1.165) is 96.4 Å². The van der Waals surface area contributed by atoms with Gasteiger partial charge in [-0.2, -0.15) is 0 Å². The maximum absolute atomic E-state index is 11.9.